The normalized spacial score (nSPS) is 27.9. The van der Waals surface area contributed by atoms with Gasteiger partial charge >= 0.3 is 6.03 Å². The van der Waals surface area contributed by atoms with Gasteiger partial charge in [0.2, 0.25) is 0 Å². The molecule has 1 fully saturated rings. The summed E-state index contributed by atoms with van der Waals surface area (Å²) in [7, 11) is 0. The first-order valence-electron chi connectivity index (χ1n) is 10.2. The van der Waals surface area contributed by atoms with Crippen molar-refractivity contribution < 1.29 is 9.90 Å². The van der Waals surface area contributed by atoms with Crippen LogP contribution in [0.15, 0.2) is 29.6 Å². The van der Waals surface area contributed by atoms with Gasteiger partial charge in [0.1, 0.15) is 5.75 Å². The molecule has 2 aromatic rings. The Kier molecular flexibility index (Phi) is 3.86. The van der Waals surface area contributed by atoms with E-state index in [0.717, 1.165) is 44.5 Å². The summed E-state index contributed by atoms with van der Waals surface area (Å²) >= 11 is 1.80. The van der Waals surface area contributed by atoms with E-state index in [1.54, 1.807) is 17.4 Å². The van der Waals surface area contributed by atoms with Crippen molar-refractivity contribution in [2.45, 2.75) is 58.0 Å². The van der Waals surface area contributed by atoms with Gasteiger partial charge in [-0.15, -0.1) is 11.3 Å². The second-order valence-electron chi connectivity index (χ2n) is 9.34. The molecule has 2 amide bonds. The zero-order valence-electron chi connectivity index (χ0n) is 16.9. The minimum absolute atomic E-state index is 0.0385. The van der Waals surface area contributed by atoms with Crippen LogP contribution in [0.25, 0.3) is 0 Å². The third-order valence-electron chi connectivity index (χ3n) is 7.95. The number of likely N-dealkylation sites (tertiary alicyclic amines) is 1. The number of thiophene rings is 1. The van der Waals surface area contributed by atoms with E-state index >= 15 is 0 Å². The van der Waals surface area contributed by atoms with Gasteiger partial charge in [-0.2, -0.15) is 0 Å². The number of piperidine rings is 1. The van der Waals surface area contributed by atoms with Crippen molar-refractivity contribution in [3.8, 4) is 5.75 Å². The summed E-state index contributed by atoms with van der Waals surface area (Å²) in [6.45, 7) is 9.23. The number of aromatic hydroxyl groups is 1. The van der Waals surface area contributed by atoms with Crippen LogP contribution in [0.5, 0.6) is 5.75 Å². The Bertz CT molecular complexity index is 950. The number of fused-ring (bicyclic) bond motifs is 5. The first-order valence-corrected chi connectivity index (χ1v) is 11.1. The molecule has 1 aliphatic carbocycles. The van der Waals surface area contributed by atoms with Crippen LogP contribution in [-0.4, -0.2) is 40.1 Å². The predicted octanol–water partition coefficient (Wildman–Crippen LogP) is 4.55. The number of carbonyl (C=O) groups is 1. The molecule has 2 bridgehead atoms. The van der Waals surface area contributed by atoms with Crippen molar-refractivity contribution >= 4 is 17.4 Å². The Morgan fingerprint density at radius 1 is 1.21 bits per heavy atom. The van der Waals surface area contributed by atoms with Crippen LogP contribution in [0.3, 0.4) is 0 Å². The third-order valence-corrected chi connectivity index (χ3v) is 8.97. The van der Waals surface area contributed by atoms with E-state index in [1.165, 1.54) is 16.0 Å². The van der Waals surface area contributed by atoms with Crippen molar-refractivity contribution in [2.24, 2.45) is 5.41 Å². The molecule has 2 aliphatic heterocycles. The summed E-state index contributed by atoms with van der Waals surface area (Å²) < 4.78 is 0. The first kappa shape index (κ1) is 18.0. The van der Waals surface area contributed by atoms with E-state index in [9.17, 15) is 9.90 Å². The highest BCUT2D eigenvalue weighted by Crippen LogP contribution is 2.57. The fraction of sp³-hybridized carbons (Fsp3) is 0.522. The zero-order chi connectivity index (χ0) is 19.7. The first-order chi connectivity index (χ1) is 13.3. The van der Waals surface area contributed by atoms with E-state index in [4.69, 9.17) is 0 Å². The summed E-state index contributed by atoms with van der Waals surface area (Å²) in [5.41, 5.74) is 3.51. The van der Waals surface area contributed by atoms with Gasteiger partial charge in [0.25, 0.3) is 0 Å². The Morgan fingerprint density at radius 2 is 2.04 bits per heavy atom. The molecule has 148 valence electrons. The summed E-state index contributed by atoms with van der Waals surface area (Å²) in [6, 6.07) is 8.34. The fourth-order valence-corrected chi connectivity index (χ4v) is 6.64. The molecule has 0 spiro atoms. The summed E-state index contributed by atoms with van der Waals surface area (Å²) in [5, 5.41) is 12.7. The lowest BCUT2D eigenvalue weighted by Gasteiger charge is -2.61. The molecule has 2 atom stereocenters. The van der Waals surface area contributed by atoms with Crippen molar-refractivity contribution in [1.82, 2.24) is 9.80 Å². The molecule has 1 saturated heterocycles. The number of urea groups is 1. The summed E-state index contributed by atoms with van der Waals surface area (Å²) in [4.78, 5) is 19.1. The average molecular weight is 397 g/mol. The van der Waals surface area contributed by atoms with Gasteiger partial charge in [-0.3, -0.25) is 0 Å². The fourth-order valence-electron chi connectivity index (χ4n) is 5.75. The molecule has 0 unspecified atom stereocenters. The van der Waals surface area contributed by atoms with E-state index in [1.807, 2.05) is 11.0 Å². The second-order valence-corrected chi connectivity index (χ2v) is 10.3. The van der Waals surface area contributed by atoms with E-state index in [2.05, 4.69) is 43.2 Å². The molecular weight excluding hydrogens is 368 g/mol. The lowest BCUT2D eigenvalue weighted by atomic mass is 9.51. The molecule has 1 N–H and O–H groups in total. The van der Waals surface area contributed by atoms with Gasteiger partial charge < -0.3 is 14.9 Å². The van der Waals surface area contributed by atoms with E-state index in [0.29, 0.717) is 5.75 Å². The largest absolute Gasteiger partial charge is 0.508 e. The second kappa shape index (κ2) is 5.99. The van der Waals surface area contributed by atoms with E-state index in [-0.39, 0.29) is 22.9 Å². The lowest BCUT2D eigenvalue weighted by molar-refractivity contribution is -0.0245. The SMILES string of the molecule is CC1(C)[C@H]2Cc3c(O)cccc3[C@]1(C)CCN2C(=O)N1CCc2sccc2C1. The van der Waals surface area contributed by atoms with Crippen LogP contribution >= 0.6 is 11.3 Å². The molecule has 5 rings (SSSR count). The van der Waals surface area contributed by atoms with Gasteiger partial charge in [-0.05, 0) is 58.9 Å². The number of hydrogen-bond acceptors (Lipinski definition) is 3. The number of phenolic OH excluding ortho intramolecular Hbond substituents is 1. The maximum absolute atomic E-state index is 13.6. The van der Waals surface area contributed by atoms with Crippen LogP contribution in [0.4, 0.5) is 4.79 Å². The van der Waals surface area contributed by atoms with Gasteiger partial charge in [0.05, 0.1) is 0 Å². The monoisotopic (exact) mass is 396 g/mol. The molecule has 0 saturated carbocycles. The van der Waals surface area contributed by atoms with Crippen molar-refractivity contribution in [1.29, 1.82) is 0 Å². The van der Waals surface area contributed by atoms with Crippen molar-refractivity contribution in [2.75, 3.05) is 13.1 Å². The topological polar surface area (TPSA) is 43.8 Å². The number of phenols is 1. The molecule has 5 heteroatoms. The van der Waals surface area contributed by atoms with Crippen LogP contribution in [0.2, 0.25) is 0 Å². The molecule has 0 radical (unpaired) electrons. The highest BCUT2D eigenvalue weighted by molar-refractivity contribution is 7.10. The Hall–Kier alpha value is -2.01. The molecule has 28 heavy (non-hydrogen) atoms. The van der Waals surface area contributed by atoms with Crippen molar-refractivity contribution in [3.63, 3.8) is 0 Å². The number of benzene rings is 1. The predicted molar refractivity (Wildman–Crippen MR) is 112 cm³/mol. The maximum atomic E-state index is 13.6. The molecule has 1 aromatic carbocycles. The molecule has 1 aromatic heterocycles. The van der Waals surface area contributed by atoms with Gasteiger partial charge in [-0.25, -0.2) is 4.79 Å². The number of amides is 2. The lowest BCUT2D eigenvalue weighted by Crippen LogP contribution is -2.66. The number of hydrogen-bond donors (Lipinski definition) is 1. The highest BCUT2D eigenvalue weighted by Gasteiger charge is 2.57. The van der Waals surface area contributed by atoms with Crippen LogP contribution < -0.4 is 0 Å². The quantitative estimate of drug-likeness (QED) is 0.710. The third kappa shape index (κ3) is 2.32. The van der Waals surface area contributed by atoms with Gasteiger partial charge in [0.15, 0.2) is 0 Å². The minimum Gasteiger partial charge on any atom is -0.508 e. The number of carbonyl (C=O) groups excluding carboxylic acids is 1. The van der Waals surface area contributed by atoms with Gasteiger partial charge in [0, 0.05) is 36.0 Å². The standard InChI is InChI=1S/C23H28N2O2S/c1-22(2)20-13-16-17(5-4-6-18(16)26)23(22,3)9-11-25(20)21(27)24-10-7-19-15(14-24)8-12-28-19/h4-6,8,12,20,26H,7,9-11,13-14H2,1-3H3/t20-,23+/m1/s1. The molecule has 3 heterocycles. The Morgan fingerprint density at radius 3 is 2.86 bits per heavy atom. The summed E-state index contributed by atoms with van der Waals surface area (Å²) in [6.07, 6.45) is 2.62. The average Bonchev–Trinajstić information content (AvgIpc) is 3.12. The molecule has 4 nitrogen and oxygen atoms in total. The Balaban J connectivity index is 1.49. The highest BCUT2D eigenvalue weighted by atomic mass is 32.1. The maximum Gasteiger partial charge on any atom is 0.320 e. The summed E-state index contributed by atoms with van der Waals surface area (Å²) in [5.74, 6) is 0.374. The van der Waals surface area contributed by atoms with Crippen molar-refractivity contribution in [3.05, 3.63) is 51.2 Å². The smallest absolute Gasteiger partial charge is 0.320 e. The van der Waals surface area contributed by atoms with Crippen LogP contribution in [-0.2, 0) is 24.8 Å². The van der Waals surface area contributed by atoms with Crippen LogP contribution in [0, 0.1) is 5.41 Å². The van der Waals surface area contributed by atoms with E-state index < -0.39 is 0 Å². The van der Waals surface area contributed by atoms with Crippen LogP contribution in [0.1, 0.15) is 48.8 Å². The number of rotatable bonds is 0. The zero-order valence-corrected chi connectivity index (χ0v) is 17.7. The van der Waals surface area contributed by atoms with Gasteiger partial charge in [-0.1, -0.05) is 32.9 Å². The Labute approximate surface area is 170 Å². The molecular formula is C23H28N2O2S. The molecule has 3 aliphatic rings. The minimum atomic E-state index is -0.0506. The number of nitrogens with zero attached hydrogens (tertiary/aromatic N) is 2.